The van der Waals surface area contributed by atoms with Gasteiger partial charge in [0.2, 0.25) is 5.91 Å². The van der Waals surface area contributed by atoms with E-state index >= 15 is 0 Å². The highest BCUT2D eigenvalue weighted by molar-refractivity contribution is 5.78. The van der Waals surface area contributed by atoms with Gasteiger partial charge in [0, 0.05) is 26.1 Å². The molecule has 3 amide bonds. The second kappa shape index (κ2) is 8.56. The van der Waals surface area contributed by atoms with Crippen LogP contribution in [-0.4, -0.2) is 36.5 Å². The van der Waals surface area contributed by atoms with Crippen molar-refractivity contribution in [3.63, 3.8) is 0 Å². The van der Waals surface area contributed by atoms with E-state index in [1.807, 2.05) is 35.2 Å². The monoisotopic (exact) mass is 317 g/mol. The van der Waals surface area contributed by atoms with Crippen LogP contribution in [0.5, 0.6) is 0 Å². The minimum absolute atomic E-state index is 0.0366. The maximum atomic E-state index is 12.1. The Kier molecular flexibility index (Phi) is 6.44. The summed E-state index contributed by atoms with van der Waals surface area (Å²) >= 11 is 0. The van der Waals surface area contributed by atoms with Crippen molar-refractivity contribution in [3.8, 4) is 0 Å². The van der Waals surface area contributed by atoms with E-state index in [1.165, 1.54) is 0 Å². The van der Waals surface area contributed by atoms with Gasteiger partial charge in [0.25, 0.3) is 0 Å². The second-order valence-corrected chi connectivity index (χ2v) is 6.37. The second-order valence-electron chi connectivity index (χ2n) is 6.37. The molecular weight excluding hydrogens is 290 g/mol. The Balaban J connectivity index is 1.77. The largest absolute Gasteiger partial charge is 0.343 e. The Morgan fingerprint density at radius 1 is 1.13 bits per heavy atom. The summed E-state index contributed by atoms with van der Waals surface area (Å²) in [6.07, 6.45) is 2.55. The molecule has 126 valence electrons. The molecule has 1 heterocycles. The lowest BCUT2D eigenvalue weighted by atomic mass is 9.96. The summed E-state index contributed by atoms with van der Waals surface area (Å²) in [5, 5.41) is 5.80. The minimum Gasteiger partial charge on any atom is -0.343 e. The van der Waals surface area contributed by atoms with Gasteiger partial charge in [-0.15, -0.1) is 0 Å². The maximum Gasteiger partial charge on any atom is 0.315 e. The summed E-state index contributed by atoms with van der Waals surface area (Å²) in [5.74, 6) is 0.417. The number of rotatable bonds is 6. The van der Waals surface area contributed by atoms with E-state index in [9.17, 15) is 9.59 Å². The normalized spacial score (nSPS) is 15.5. The molecule has 0 aromatic heterocycles. The summed E-state index contributed by atoms with van der Waals surface area (Å²) < 4.78 is 0. The Morgan fingerprint density at radius 3 is 2.39 bits per heavy atom. The van der Waals surface area contributed by atoms with E-state index in [0.29, 0.717) is 13.0 Å². The molecular formula is C18H27N3O2. The van der Waals surface area contributed by atoms with Gasteiger partial charge in [-0.1, -0.05) is 44.2 Å². The number of carbonyl (C=O) groups excluding carboxylic acids is 2. The number of nitrogens with one attached hydrogen (secondary N) is 2. The van der Waals surface area contributed by atoms with Crippen molar-refractivity contribution in [2.24, 2.45) is 5.92 Å². The summed E-state index contributed by atoms with van der Waals surface area (Å²) in [7, 11) is 0. The summed E-state index contributed by atoms with van der Waals surface area (Å²) in [4.78, 5) is 25.9. The van der Waals surface area contributed by atoms with Gasteiger partial charge in [-0.25, -0.2) is 4.79 Å². The van der Waals surface area contributed by atoms with Crippen LogP contribution in [0.4, 0.5) is 4.79 Å². The molecule has 0 bridgehead atoms. The predicted octanol–water partition coefficient (Wildman–Crippen LogP) is 2.70. The first kappa shape index (κ1) is 17.3. The number of nitrogens with zero attached hydrogens (tertiary/aromatic N) is 1. The predicted molar refractivity (Wildman–Crippen MR) is 91.0 cm³/mol. The number of hydrogen-bond acceptors (Lipinski definition) is 2. The van der Waals surface area contributed by atoms with E-state index in [2.05, 4.69) is 24.5 Å². The van der Waals surface area contributed by atoms with Crippen LogP contribution < -0.4 is 10.6 Å². The van der Waals surface area contributed by atoms with Crippen molar-refractivity contribution in [3.05, 3.63) is 35.9 Å². The lowest BCUT2D eigenvalue weighted by Crippen LogP contribution is -2.41. The molecule has 1 atom stereocenters. The van der Waals surface area contributed by atoms with Gasteiger partial charge in [-0.05, 0) is 24.3 Å². The zero-order chi connectivity index (χ0) is 16.7. The standard InChI is InChI=1S/C18H27N3O2/c1-14(2)17(15-8-4-3-5-9-15)20-18(23)19-11-10-16(22)21-12-6-7-13-21/h3-5,8-9,14,17H,6-7,10-13H2,1-2H3,(H2,19,20,23). The summed E-state index contributed by atoms with van der Waals surface area (Å²) in [6, 6.07) is 9.68. The Hall–Kier alpha value is -2.04. The number of amides is 3. The molecule has 0 saturated carbocycles. The molecule has 1 aromatic carbocycles. The molecule has 5 nitrogen and oxygen atoms in total. The molecule has 2 N–H and O–H groups in total. The van der Waals surface area contributed by atoms with Crippen LogP contribution in [-0.2, 0) is 4.79 Å². The van der Waals surface area contributed by atoms with Crippen LogP contribution in [0.3, 0.4) is 0 Å². The SMILES string of the molecule is CC(C)C(NC(=O)NCCC(=O)N1CCCC1)c1ccccc1. The first-order chi connectivity index (χ1) is 11.1. The van der Waals surface area contributed by atoms with Crippen LogP contribution in [0.15, 0.2) is 30.3 Å². The lowest BCUT2D eigenvalue weighted by Gasteiger charge is -2.23. The van der Waals surface area contributed by atoms with E-state index in [4.69, 9.17) is 0 Å². The quantitative estimate of drug-likeness (QED) is 0.847. The molecule has 1 fully saturated rings. The van der Waals surface area contributed by atoms with Crippen LogP contribution in [0, 0.1) is 5.92 Å². The van der Waals surface area contributed by atoms with Crippen molar-refractivity contribution in [2.45, 2.75) is 39.2 Å². The number of carbonyl (C=O) groups is 2. The average Bonchev–Trinajstić information content (AvgIpc) is 3.07. The van der Waals surface area contributed by atoms with Crippen molar-refractivity contribution in [1.29, 1.82) is 0 Å². The zero-order valence-electron chi connectivity index (χ0n) is 14.0. The van der Waals surface area contributed by atoms with Gasteiger partial charge in [-0.2, -0.15) is 0 Å². The molecule has 5 heteroatoms. The number of benzene rings is 1. The highest BCUT2D eigenvalue weighted by atomic mass is 16.2. The summed E-state index contributed by atoms with van der Waals surface area (Å²) in [6.45, 7) is 6.24. The van der Waals surface area contributed by atoms with Crippen LogP contribution in [0.25, 0.3) is 0 Å². The van der Waals surface area contributed by atoms with E-state index in [0.717, 1.165) is 31.5 Å². The fraction of sp³-hybridized carbons (Fsp3) is 0.556. The molecule has 1 unspecified atom stereocenters. The molecule has 1 aliphatic rings. The Bertz CT molecular complexity index is 510. The summed E-state index contributed by atoms with van der Waals surface area (Å²) in [5.41, 5.74) is 1.09. The third kappa shape index (κ3) is 5.27. The molecule has 2 rings (SSSR count). The average molecular weight is 317 g/mol. The van der Waals surface area contributed by atoms with Gasteiger partial charge in [0.05, 0.1) is 6.04 Å². The highest BCUT2D eigenvalue weighted by Gasteiger charge is 2.19. The third-order valence-corrected chi connectivity index (χ3v) is 4.20. The fourth-order valence-corrected chi connectivity index (χ4v) is 2.90. The highest BCUT2D eigenvalue weighted by Crippen LogP contribution is 2.20. The topological polar surface area (TPSA) is 61.4 Å². The molecule has 0 spiro atoms. The van der Waals surface area contributed by atoms with Gasteiger partial charge in [-0.3, -0.25) is 4.79 Å². The first-order valence-electron chi connectivity index (χ1n) is 8.45. The molecule has 1 aromatic rings. The van der Waals surface area contributed by atoms with Gasteiger partial charge >= 0.3 is 6.03 Å². The molecule has 1 aliphatic heterocycles. The van der Waals surface area contributed by atoms with Crippen molar-refractivity contribution >= 4 is 11.9 Å². The van der Waals surface area contributed by atoms with Crippen molar-refractivity contribution < 1.29 is 9.59 Å². The van der Waals surface area contributed by atoms with Crippen LogP contribution in [0.2, 0.25) is 0 Å². The van der Waals surface area contributed by atoms with Gasteiger partial charge < -0.3 is 15.5 Å². The smallest absolute Gasteiger partial charge is 0.315 e. The van der Waals surface area contributed by atoms with E-state index < -0.39 is 0 Å². The fourth-order valence-electron chi connectivity index (χ4n) is 2.90. The Labute approximate surface area is 138 Å². The van der Waals surface area contributed by atoms with Gasteiger partial charge in [0.15, 0.2) is 0 Å². The van der Waals surface area contributed by atoms with E-state index in [1.54, 1.807) is 0 Å². The van der Waals surface area contributed by atoms with Crippen molar-refractivity contribution in [2.75, 3.05) is 19.6 Å². The number of likely N-dealkylation sites (tertiary alicyclic amines) is 1. The lowest BCUT2D eigenvalue weighted by molar-refractivity contribution is -0.129. The third-order valence-electron chi connectivity index (χ3n) is 4.20. The number of urea groups is 1. The minimum atomic E-state index is -0.221. The molecule has 1 saturated heterocycles. The molecule has 0 aliphatic carbocycles. The Morgan fingerprint density at radius 2 is 1.78 bits per heavy atom. The molecule has 23 heavy (non-hydrogen) atoms. The van der Waals surface area contributed by atoms with Crippen LogP contribution in [0.1, 0.15) is 44.7 Å². The first-order valence-corrected chi connectivity index (χ1v) is 8.45. The van der Waals surface area contributed by atoms with Crippen LogP contribution >= 0.6 is 0 Å². The van der Waals surface area contributed by atoms with Gasteiger partial charge in [0.1, 0.15) is 0 Å². The number of hydrogen-bond donors (Lipinski definition) is 2. The maximum absolute atomic E-state index is 12.1. The van der Waals surface area contributed by atoms with E-state index in [-0.39, 0.29) is 23.9 Å². The molecule has 0 radical (unpaired) electrons. The zero-order valence-corrected chi connectivity index (χ0v) is 14.0. The van der Waals surface area contributed by atoms with Crippen molar-refractivity contribution in [1.82, 2.24) is 15.5 Å².